The molecule has 0 bridgehead atoms. The van der Waals surface area contributed by atoms with Crippen LogP contribution in [-0.2, 0) is 16.0 Å². The highest BCUT2D eigenvalue weighted by Crippen LogP contribution is 2.35. The standard InChI is InChI=1S/C28H21ClN2O2/c1-2-18-10-16-22(17-11-18)31-27(32)25(20-12-14-21(29)15-13-20)26(28(31)33)30-24-9-5-7-19-6-3-4-8-23(19)24/h3-17,30H,2H2,1H3. The van der Waals surface area contributed by atoms with Gasteiger partial charge in [-0.15, -0.1) is 0 Å². The van der Waals surface area contributed by atoms with Crippen molar-refractivity contribution in [1.29, 1.82) is 0 Å². The zero-order valence-corrected chi connectivity index (χ0v) is 18.8. The van der Waals surface area contributed by atoms with Crippen molar-refractivity contribution in [1.82, 2.24) is 0 Å². The lowest BCUT2D eigenvalue weighted by Gasteiger charge is -2.16. The molecule has 0 radical (unpaired) electrons. The number of amides is 2. The van der Waals surface area contributed by atoms with E-state index in [-0.39, 0.29) is 17.5 Å². The van der Waals surface area contributed by atoms with Gasteiger partial charge >= 0.3 is 0 Å². The van der Waals surface area contributed by atoms with E-state index in [1.54, 1.807) is 24.3 Å². The molecule has 1 N–H and O–H groups in total. The van der Waals surface area contributed by atoms with Crippen molar-refractivity contribution in [2.45, 2.75) is 13.3 Å². The predicted octanol–water partition coefficient (Wildman–Crippen LogP) is 6.45. The molecule has 33 heavy (non-hydrogen) atoms. The highest BCUT2D eigenvalue weighted by Gasteiger charge is 2.40. The molecule has 5 heteroatoms. The number of halogens is 1. The fraction of sp³-hybridized carbons (Fsp3) is 0.0714. The fourth-order valence-electron chi connectivity index (χ4n) is 4.11. The van der Waals surface area contributed by atoms with Gasteiger partial charge in [0, 0.05) is 16.1 Å². The number of carbonyl (C=O) groups is 2. The second-order valence-electron chi connectivity index (χ2n) is 7.87. The molecule has 1 aliphatic rings. The summed E-state index contributed by atoms with van der Waals surface area (Å²) >= 11 is 6.07. The molecule has 0 atom stereocenters. The average Bonchev–Trinajstić information content (AvgIpc) is 3.09. The van der Waals surface area contributed by atoms with Gasteiger partial charge < -0.3 is 5.32 Å². The molecule has 5 rings (SSSR count). The molecule has 0 saturated carbocycles. The van der Waals surface area contributed by atoms with Crippen LogP contribution in [0.15, 0.2) is 96.7 Å². The molecule has 4 aromatic rings. The maximum atomic E-state index is 13.6. The summed E-state index contributed by atoms with van der Waals surface area (Å²) in [5.41, 5.74) is 3.65. The molecule has 0 unspecified atom stereocenters. The summed E-state index contributed by atoms with van der Waals surface area (Å²) in [7, 11) is 0. The van der Waals surface area contributed by atoms with E-state index in [4.69, 9.17) is 11.6 Å². The Morgan fingerprint density at radius 1 is 0.788 bits per heavy atom. The van der Waals surface area contributed by atoms with E-state index in [1.165, 1.54) is 4.90 Å². The van der Waals surface area contributed by atoms with Gasteiger partial charge in [-0.2, -0.15) is 0 Å². The molecule has 0 fully saturated rings. The molecule has 0 aromatic heterocycles. The summed E-state index contributed by atoms with van der Waals surface area (Å²) in [4.78, 5) is 28.4. The Bertz CT molecular complexity index is 1400. The third-order valence-corrected chi connectivity index (χ3v) is 6.12. The van der Waals surface area contributed by atoms with Gasteiger partial charge in [-0.25, -0.2) is 4.90 Å². The third kappa shape index (κ3) is 3.79. The lowest BCUT2D eigenvalue weighted by atomic mass is 10.0. The largest absolute Gasteiger partial charge is 0.350 e. The number of rotatable bonds is 5. The van der Waals surface area contributed by atoms with Gasteiger partial charge in [0.15, 0.2) is 0 Å². The zero-order chi connectivity index (χ0) is 22.9. The van der Waals surface area contributed by atoms with E-state index in [1.807, 2.05) is 66.7 Å². The van der Waals surface area contributed by atoms with Crippen LogP contribution in [0.4, 0.5) is 11.4 Å². The quantitative estimate of drug-likeness (QED) is 0.354. The van der Waals surface area contributed by atoms with Gasteiger partial charge in [0.25, 0.3) is 11.8 Å². The second kappa shape index (κ2) is 8.57. The highest BCUT2D eigenvalue weighted by molar-refractivity contribution is 6.46. The van der Waals surface area contributed by atoms with Crippen LogP contribution in [0, 0.1) is 0 Å². The van der Waals surface area contributed by atoms with E-state index in [0.29, 0.717) is 21.8 Å². The molecule has 1 aliphatic heterocycles. The second-order valence-corrected chi connectivity index (χ2v) is 8.31. The zero-order valence-electron chi connectivity index (χ0n) is 18.0. The highest BCUT2D eigenvalue weighted by atomic mass is 35.5. The van der Waals surface area contributed by atoms with Crippen LogP contribution in [0.1, 0.15) is 18.1 Å². The summed E-state index contributed by atoms with van der Waals surface area (Å²) in [6, 6.07) is 28.2. The Kier molecular flexibility index (Phi) is 5.45. The molecule has 4 nitrogen and oxygen atoms in total. The molecule has 0 saturated heterocycles. The van der Waals surface area contributed by atoms with Crippen LogP contribution < -0.4 is 10.2 Å². The average molecular weight is 453 g/mol. The number of hydrogen-bond donors (Lipinski definition) is 1. The molecular weight excluding hydrogens is 432 g/mol. The van der Waals surface area contributed by atoms with Crippen molar-refractivity contribution in [3.8, 4) is 0 Å². The van der Waals surface area contributed by atoms with E-state index in [2.05, 4.69) is 12.2 Å². The summed E-state index contributed by atoms with van der Waals surface area (Å²) < 4.78 is 0. The Balaban J connectivity index is 1.63. The molecular formula is C28H21ClN2O2. The monoisotopic (exact) mass is 452 g/mol. The molecule has 0 aliphatic carbocycles. The first-order valence-electron chi connectivity index (χ1n) is 10.8. The van der Waals surface area contributed by atoms with Crippen LogP contribution >= 0.6 is 11.6 Å². The fourth-order valence-corrected chi connectivity index (χ4v) is 4.24. The SMILES string of the molecule is CCc1ccc(N2C(=O)C(Nc3cccc4ccccc34)=C(c3ccc(Cl)cc3)C2=O)cc1. The first-order chi connectivity index (χ1) is 16.1. The number of nitrogens with one attached hydrogen (secondary N) is 1. The lowest BCUT2D eigenvalue weighted by Crippen LogP contribution is -2.32. The smallest absolute Gasteiger partial charge is 0.282 e. The van der Waals surface area contributed by atoms with Crippen molar-refractivity contribution >= 4 is 51.1 Å². The van der Waals surface area contributed by atoms with Crippen LogP contribution in [0.3, 0.4) is 0 Å². The number of imide groups is 1. The molecule has 2 amide bonds. The first kappa shape index (κ1) is 21.0. The van der Waals surface area contributed by atoms with Crippen LogP contribution in [0.2, 0.25) is 5.02 Å². The van der Waals surface area contributed by atoms with E-state index >= 15 is 0 Å². The molecule has 1 heterocycles. The minimum absolute atomic E-state index is 0.248. The van der Waals surface area contributed by atoms with Crippen LogP contribution in [0.25, 0.3) is 16.3 Å². The molecule has 4 aromatic carbocycles. The van der Waals surface area contributed by atoms with Crippen molar-refractivity contribution in [3.63, 3.8) is 0 Å². The van der Waals surface area contributed by atoms with Gasteiger partial charge in [-0.1, -0.05) is 79.2 Å². The maximum Gasteiger partial charge on any atom is 0.282 e. The summed E-state index contributed by atoms with van der Waals surface area (Å²) in [5.74, 6) is -0.753. The van der Waals surface area contributed by atoms with Gasteiger partial charge in [-0.3, -0.25) is 9.59 Å². The number of hydrogen-bond acceptors (Lipinski definition) is 3. The Morgan fingerprint density at radius 2 is 1.48 bits per heavy atom. The molecule has 162 valence electrons. The van der Waals surface area contributed by atoms with E-state index in [0.717, 1.165) is 28.4 Å². The first-order valence-corrected chi connectivity index (χ1v) is 11.2. The summed E-state index contributed by atoms with van der Waals surface area (Å²) in [6.07, 6.45) is 0.879. The minimum Gasteiger partial charge on any atom is -0.350 e. The minimum atomic E-state index is -0.387. The normalized spacial score (nSPS) is 13.8. The predicted molar refractivity (Wildman–Crippen MR) is 134 cm³/mol. The third-order valence-electron chi connectivity index (χ3n) is 5.87. The van der Waals surface area contributed by atoms with Crippen LogP contribution in [0.5, 0.6) is 0 Å². The molecule has 0 spiro atoms. The Hall–Kier alpha value is -3.89. The van der Waals surface area contributed by atoms with E-state index < -0.39 is 0 Å². The lowest BCUT2D eigenvalue weighted by molar-refractivity contribution is -0.120. The van der Waals surface area contributed by atoms with Gasteiger partial charge in [0.2, 0.25) is 0 Å². The number of aryl methyl sites for hydroxylation is 1. The van der Waals surface area contributed by atoms with Crippen molar-refractivity contribution in [3.05, 3.63) is 113 Å². The van der Waals surface area contributed by atoms with Crippen molar-refractivity contribution < 1.29 is 9.59 Å². The number of fused-ring (bicyclic) bond motifs is 1. The van der Waals surface area contributed by atoms with E-state index in [9.17, 15) is 9.59 Å². The summed E-state index contributed by atoms with van der Waals surface area (Å²) in [5, 5.41) is 5.85. The number of nitrogens with zero attached hydrogens (tertiary/aromatic N) is 1. The summed E-state index contributed by atoms with van der Waals surface area (Å²) in [6.45, 7) is 2.06. The number of benzene rings is 4. The van der Waals surface area contributed by atoms with Crippen LogP contribution in [-0.4, -0.2) is 11.8 Å². The van der Waals surface area contributed by atoms with Crippen molar-refractivity contribution in [2.24, 2.45) is 0 Å². The number of carbonyl (C=O) groups excluding carboxylic acids is 2. The van der Waals surface area contributed by atoms with Gasteiger partial charge in [0.1, 0.15) is 5.70 Å². The van der Waals surface area contributed by atoms with Gasteiger partial charge in [0.05, 0.1) is 11.3 Å². The number of anilines is 2. The Morgan fingerprint density at radius 3 is 2.21 bits per heavy atom. The topological polar surface area (TPSA) is 49.4 Å². The maximum absolute atomic E-state index is 13.6. The van der Waals surface area contributed by atoms with Gasteiger partial charge in [-0.05, 0) is 53.3 Å². The Labute approximate surface area is 197 Å². The van der Waals surface area contributed by atoms with Crippen molar-refractivity contribution in [2.75, 3.05) is 10.2 Å².